The molecule has 1 heterocycles. The highest BCUT2D eigenvalue weighted by atomic mass is 79.9. The Bertz CT molecular complexity index is 647. The van der Waals surface area contributed by atoms with E-state index in [1.807, 2.05) is 13.8 Å². The molecule has 0 aliphatic carbocycles. The van der Waals surface area contributed by atoms with Crippen LogP contribution in [-0.4, -0.2) is 11.1 Å². The molecule has 1 aromatic carbocycles. The number of fused-ring (bicyclic) bond motifs is 1. The second-order valence-corrected chi connectivity index (χ2v) is 5.80. The Balaban J connectivity index is 3.00. The molecular weight excluding hydrogens is 343 g/mol. The van der Waals surface area contributed by atoms with E-state index >= 15 is 0 Å². The fraction of sp³-hybridized carbons (Fsp3) is 0.250. The van der Waals surface area contributed by atoms with Crippen molar-refractivity contribution >= 4 is 56.1 Å². The van der Waals surface area contributed by atoms with Crippen LogP contribution >= 0.6 is 39.1 Å². The highest BCUT2D eigenvalue weighted by molar-refractivity contribution is 9.10. The molecule has 0 unspecified atom stereocenters. The number of carboxylic acids is 1. The number of hydrogen-bond donors (Lipinski definition) is 1. The Hall–Kier alpha value is -0.710. The molecule has 0 spiro atoms. The Labute approximate surface area is 122 Å². The third kappa shape index (κ3) is 2.02. The summed E-state index contributed by atoms with van der Waals surface area (Å²) in [6.07, 6.45) is 0. The predicted octanol–water partition coefficient (Wildman–Crippen LogP) is 5.32. The number of aromatic carboxylic acids is 1. The largest absolute Gasteiger partial charge is 0.475 e. The summed E-state index contributed by atoms with van der Waals surface area (Å²) in [5.41, 5.74) is 0.872. The molecule has 2 rings (SSSR count). The van der Waals surface area contributed by atoms with Crippen LogP contribution in [0.15, 0.2) is 15.0 Å². The molecule has 1 aromatic heterocycles. The quantitative estimate of drug-likeness (QED) is 0.744. The molecule has 0 saturated heterocycles. The van der Waals surface area contributed by atoms with Crippen LogP contribution in [0.3, 0.4) is 0 Å². The number of carbonyl (C=O) groups is 1. The first-order valence-electron chi connectivity index (χ1n) is 5.17. The molecule has 3 nitrogen and oxygen atoms in total. The maximum atomic E-state index is 11.2. The van der Waals surface area contributed by atoms with Gasteiger partial charge in [0.2, 0.25) is 5.76 Å². The van der Waals surface area contributed by atoms with Crippen LogP contribution in [0.5, 0.6) is 0 Å². The molecule has 0 aliphatic rings. The number of hydrogen-bond acceptors (Lipinski definition) is 2. The van der Waals surface area contributed by atoms with Crippen molar-refractivity contribution in [1.82, 2.24) is 0 Å². The van der Waals surface area contributed by atoms with E-state index < -0.39 is 5.97 Å². The second-order valence-electron chi connectivity index (χ2n) is 4.16. The van der Waals surface area contributed by atoms with Crippen molar-refractivity contribution in [2.45, 2.75) is 19.8 Å². The van der Waals surface area contributed by atoms with E-state index in [0.29, 0.717) is 31.1 Å². The summed E-state index contributed by atoms with van der Waals surface area (Å²) < 4.78 is 5.96. The van der Waals surface area contributed by atoms with Crippen LogP contribution < -0.4 is 0 Å². The van der Waals surface area contributed by atoms with Crippen LogP contribution in [0.25, 0.3) is 11.0 Å². The molecule has 96 valence electrons. The van der Waals surface area contributed by atoms with E-state index in [2.05, 4.69) is 15.9 Å². The molecule has 2 aromatic rings. The standard InChI is InChI=1S/C12H9BrCl2O3/c1-4(2)7-8-9(15)5(13)3-6(14)10(8)18-11(7)12(16)17/h3-4H,1-2H3,(H,16,17). The van der Waals surface area contributed by atoms with E-state index in [9.17, 15) is 9.90 Å². The zero-order valence-corrected chi connectivity index (χ0v) is 12.7. The van der Waals surface area contributed by atoms with Crippen molar-refractivity contribution < 1.29 is 14.3 Å². The highest BCUT2D eigenvalue weighted by Crippen LogP contribution is 2.43. The van der Waals surface area contributed by atoms with E-state index in [1.165, 1.54) is 0 Å². The number of rotatable bonds is 2. The topological polar surface area (TPSA) is 50.4 Å². The van der Waals surface area contributed by atoms with Gasteiger partial charge in [-0.05, 0) is 27.9 Å². The summed E-state index contributed by atoms with van der Waals surface area (Å²) >= 11 is 15.6. The van der Waals surface area contributed by atoms with Gasteiger partial charge in [-0.1, -0.05) is 37.0 Å². The van der Waals surface area contributed by atoms with Gasteiger partial charge in [0, 0.05) is 15.4 Å². The predicted molar refractivity (Wildman–Crippen MR) is 75.0 cm³/mol. The summed E-state index contributed by atoms with van der Waals surface area (Å²) in [5, 5.41) is 10.5. The lowest BCUT2D eigenvalue weighted by atomic mass is 9.99. The summed E-state index contributed by atoms with van der Waals surface area (Å²) in [5.74, 6) is -1.28. The average Bonchev–Trinajstić information content (AvgIpc) is 2.66. The molecule has 6 heteroatoms. The Kier molecular flexibility index (Phi) is 3.63. The lowest BCUT2D eigenvalue weighted by Crippen LogP contribution is -2.00. The molecule has 0 atom stereocenters. The molecule has 0 amide bonds. The normalized spacial score (nSPS) is 11.4. The minimum atomic E-state index is -1.13. The number of furan rings is 1. The van der Waals surface area contributed by atoms with E-state index in [-0.39, 0.29) is 11.7 Å². The first-order valence-corrected chi connectivity index (χ1v) is 6.72. The fourth-order valence-corrected chi connectivity index (χ4v) is 2.94. The van der Waals surface area contributed by atoms with Gasteiger partial charge in [-0.3, -0.25) is 0 Å². The lowest BCUT2D eigenvalue weighted by molar-refractivity contribution is 0.0663. The van der Waals surface area contributed by atoms with Gasteiger partial charge < -0.3 is 9.52 Å². The van der Waals surface area contributed by atoms with Crippen LogP contribution in [0.1, 0.15) is 35.9 Å². The summed E-state index contributed by atoms with van der Waals surface area (Å²) in [6.45, 7) is 3.75. The van der Waals surface area contributed by atoms with Crippen molar-refractivity contribution in [2.75, 3.05) is 0 Å². The lowest BCUT2D eigenvalue weighted by Gasteiger charge is -2.06. The van der Waals surface area contributed by atoms with Crippen molar-refractivity contribution in [3.8, 4) is 0 Å². The number of carboxylic acid groups (broad SMARTS) is 1. The maximum Gasteiger partial charge on any atom is 0.372 e. The molecule has 0 fully saturated rings. The average molecular weight is 352 g/mol. The SMILES string of the molecule is CC(C)c1c(C(=O)O)oc2c(Cl)cc(Br)c(Cl)c12. The van der Waals surface area contributed by atoms with Gasteiger partial charge in [0.05, 0.1) is 10.0 Å². The second kappa shape index (κ2) is 4.76. The summed E-state index contributed by atoms with van der Waals surface area (Å²) in [4.78, 5) is 11.2. The van der Waals surface area contributed by atoms with Gasteiger partial charge in [0.25, 0.3) is 0 Å². The van der Waals surface area contributed by atoms with Crippen molar-refractivity contribution in [2.24, 2.45) is 0 Å². The van der Waals surface area contributed by atoms with Gasteiger partial charge in [-0.15, -0.1) is 0 Å². The third-order valence-electron chi connectivity index (χ3n) is 2.62. The van der Waals surface area contributed by atoms with Gasteiger partial charge >= 0.3 is 5.97 Å². The Morgan fingerprint density at radius 2 is 2.06 bits per heavy atom. The number of halogens is 3. The maximum absolute atomic E-state index is 11.2. The van der Waals surface area contributed by atoms with E-state index in [0.717, 1.165) is 0 Å². The summed E-state index contributed by atoms with van der Waals surface area (Å²) in [6, 6.07) is 1.59. The van der Waals surface area contributed by atoms with Crippen LogP contribution in [0.4, 0.5) is 0 Å². The molecular formula is C12H9BrCl2O3. The van der Waals surface area contributed by atoms with Crippen molar-refractivity contribution in [3.05, 3.63) is 31.9 Å². The molecule has 1 N–H and O–H groups in total. The Morgan fingerprint density at radius 3 is 2.56 bits per heavy atom. The number of benzene rings is 1. The first-order chi connectivity index (χ1) is 8.34. The molecule has 0 radical (unpaired) electrons. The third-order valence-corrected chi connectivity index (χ3v) is 4.14. The van der Waals surface area contributed by atoms with Crippen LogP contribution in [-0.2, 0) is 0 Å². The Morgan fingerprint density at radius 1 is 1.44 bits per heavy atom. The zero-order valence-electron chi connectivity index (χ0n) is 9.55. The van der Waals surface area contributed by atoms with Crippen LogP contribution in [0.2, 0.25) is 10.0 Å². The summed E-state index contributed by atoms with van der Waals surface area (Å²) in [7, 11) is 0. The molecule has 0 saturated carbocycles. The van der Waals surface area contributed by atoms with Gasteiger partial charge in [0.15, 0.2) is 5.58 Å². The van der Waals surface area contributed by atoms with E-state index in [4.69, 9.17) is 27.6 Å². The molecule has 0 bridgehead atoms. The molecule has 0 aliphatic heterocycles. The minimum absolute atomic E-state index is 0.0415. The van der Waals surface area contributed by atoms with E-state index in [1.54, 1.807) is 6.07 Å². The first kappa shape index (κ1) is 13.7. The van der Waals surface area contributed by atoms with Crippen molar-refractivity contribution in [1.29, 1.82) is 0 Å². The molecule has 18 heavy (non-hydrogen) atoms. The monoisotopic (exact) mass is 350 g/mol. The van der Waals surface area contributed by atoms with Crippen LogP contribution in [0, 0.1) is 0 Å². The minimum Gasteiger partial charge on any atom is -0.475 e. The van der Waals surface area contributed by atoms with Gasteiger partial charge in [-0.25, -0.2) is 4.79 Å². The highest BCUT2D eigenvalue weighted by Gasteiger charge is 2.26. The smallest absolute Gasteiger partial charge is 0.372 e. The fourth-order valence-electron chi connectivity index (χ4n) is 1.90. The van der Waals surface area contributed by atoms with Crippen molar-refractivity contribution in [3.63, 3.8) is 0 Å². The van der Waals surface area contributed by atoms with Gasteiger partial charge in [-0.2, -0.15) is 0 Å². The van der Waals surface area contributed by atoms with Gasteiger partial charge in [0.1, 0.15) is 0 Å². The zero-order chi connectivity index (χ0) is 13.6.